The van der Waals surface area contributed by atoms with Gasteiger partial charge in [0.1, 0.15) is 11.6 Å². The van der Waals surface area contributed by atoms with Crippen LogP contribution in [0.4, 0.5) is 5.69 Å². The first kappa shape index (κ1) is 10.3. The molecule has 0 radical (unpaired) electrons. The summed E-state index contributed by atoms with van der Waals surface area (Å²) in [5, 5.41) is 0.0789. The number of carbonyl (C=O) groups excluding carboxylic acids is 2. The van der Waals surface area contributed by atoms with E-state index in [0.29, 0.717) is 0 Å². The normalized spacial score (nSPS) is 21.9. The molecule has 1 aromatic heterocycles. The molecule has 108 valence electrons. The molecule has 0 saturated heterocycles. The minimum atomic E-state index is -2.68. The van der Waals surface area contributed by atoms with Gasteiger partial charge in [0, 0.05) is 16.2 Å². The van der Waals surface area contributed by atoms with Crippen LogP contribution in [0, 0.1) is 6.85 Å². The van der Waals surface area contributed by atoms with E-state index < -0.39 is 30.1 Å². The lowest BCUT2D eigenvalue weighted by Crippen LogP contribution is -2.36. The fourth-order valence-electron chi connectivity index (χ4n) is 2.69. The monoisotopic (exact) mass is 288 g/mol. The highest BCUT2D eigenvalue weighted by Crippen LogP contribution is 2.24. The van der Waals surface area contributed by atoms with Crippen molar-refractivity contribution in [1.82, 2.24) is 9.55 Å². The van der Waals surface area contributed by atoms with Crippen molar-refractivity contribution >= 4 is 28.2 Å². The number of carbonyl (C=O) groups is 2. The molecule has 0 amide bonds. The second-order valence-corrected chi connectivity index (χ2v) is 5.09. The third kappa shape index (κ3) is 2.12. The van der Waals surface area contributed by atoms with Crippen LogP contribution in [0.15, 0.2) is 23.0 Å². The second-order valence-electron chi connectivity index (χ2n) is 5.09. The zero-order valence-electron chi connectivity index (χ0n) is 14.1. The van der Waals surface area contributed by atoms with Crippen molar-refractivity contribution in [2.24, 2.45) is 0 Å². The molecule has 1 saturated carbocycles. The number of hydrogen-bond acceptors (Lipinski definition) is 5. The van der Waals surface area contributed by atoms with E-state index in [1.807, 2.05) is 0 Å². The van der Waals surface area contributed by atoms with Gasteiger partial charge in [-0.3, -0.25) is 19.0 Å². The third-order valence-corrected chi connectivity index (χ3v) is 3.71. The van der Waals surface area contributed by atoms with E-state index in [4.69, 9.17) is 9.85 Å². The first-order valence-electron chi connectivity index (χ1n) is 8.06. The maximum Gasteiger partial charge on any atom is 0.264 e. The Morgan fingerprint density at radius 2 is 2.19 bits per heavy atom. The van der Waals surface area contributed by atoms with Crippen molar-refractivity contribution in [1.29, 1.82) is 0 Å². The van der Waals surface area contributed by atoms with Gasteiger partial charge in [-0.15, -0.1) is 0 Å². The Morgan fingerprint density at radius 1 is 1.38 bits per heavy atom. The average Bonchev–Trinajstić information content (AvgIpc) is 2.47. The highest BCUT2D eigenvalue weighted by atomic mass is 16.2. The maximum atomic E-state index is 12.9. The Kier molecular flexibility index (Phi) is 2.35. The molecule has 3 rings (SSSR count). The fraction of sp³-hybridized carbons (Fsp3) is 0.333. The van der Waals surface area contributed by atoms with E-state index in [1.54, 1.807) is 6.07 Å². The first-order valence-corrected chi connectivity index (χ1v) is 6.56. The van der Waals surface area contributed by atoms with Crippen molar-refractivity contribution in [3.63, 3.8) is 0 Å². The number of nitrogens with two attached hydrogens (primary N) is 1. The minimum Gasteiger partial charge on any atom is -0.398 e. The van der Waals surface area contributed by atoms with E-state index in [2.05, 4.69) is 4.98 Å². The molecule has 1 unspecified atom stereocenters. The van der Waals surface area contributed by atoms with Gasteiger partial charge in [-0.1, -0.05) is 6.07 Å². The molecule has 1 atom stereocenters. The summed E-state index contributed by atoms with van der Waals surface area (Å²) in [7, 11) is 0. The van der Waals surface area contributed by atoms with Crippen LogP contribution in [-0.4, -0.2) is 21.1 Å². The number of Topliss-reactive ketones (excluding diaryl/α,β-unsaturated/α-hetero) is 2. The molecule has 1 heterocycles. The van der Waals surface area contributed by atoms with Crippen LogP contribution < -0.4 is 11.3 Å². The number of rotatable bonds is 1. The molecular formula is C15H15N3O3. The second kappa shape index (κ2) is 4.80. The Balaban J connectivity index is 2.34. The number of benzene rings is 1. The standard InChI is InChI=1S/C15H15N3O3/c1-8-17-11-4-2-3-10(16)14(11)15(21)18(8)12-6-5-9(19)7-13(12)20/h2-4,12H,5-7,16H2,1H3/i1D3. The van der Waals surface area contributed by atoms with Crippen LogP contribution >= 0.6 is 0 Å². The molecule has 2 N–H and O–H groups in total. The summed E-state index contributed by atoms with van der Waals surface area (Å²) in [6.45, 7) is -2.68. The van der Waals surface area contributed by atoms with Crippen LogP contribution in [0.2, 0.25) is 0 Å². The molecule has 1 aliphatic carbocycles. The number of nitrogens with zero attached hydrogens (tertiary/aromatic N) is 2. The van der Waals surface area contributed by atoms with Gasteiger partial charge < -0.3 is 5.73 Å². The molecule has 6 nitrogen and oxygen atoms in total. The Hall–Kier alpha value is -2.50. The number of hydrogen-bond donors (Lipinski definition) is 1. The van der Waals surface area contributed by atoms with Crippen molar-refractivity contribution in [3.05, 3.63) is 34.4 Å². The van der Waals surface area contributed by atoms with E-state index in [1.165, 1.54) is 12.1 Å². The van der Waals surface area contributed by atoms with E-state index in [0.717, 1.165) is 4.57 Å². The predicted molar refractivity (Wildman–Crippen MR) is 78.1 cm³/mol. The average molecular weight is 288 g/mol. The lowest BCUT2D eigenvalue weighted by Gasteiger charge is -2.24. The molecule has 2 aromatic rings. The Bertz CT molecular complexity index is 918. The number of fused-ring (bicyclic) bond motifs is 1. The number of anilines is 1. The van der Waals surface area contributed by atoms with Gasteiger partial charge in [-0.2, -0.15) is 0 Å². The molecule has 1 fully saturated rings. The molecule has 6 heteroatoms. The highest BCUT2D eigenvalue weighted by molar-refractivity contribution is 6.03. The summed E-state index contributed by atoms with van der Waals surface area (Å²) >= 11 is 0. The molecule has 1 aromatic carbocycles. The topological polar surface area (TPSA) is 95.0 Å². The summed E-state index contributed by atoms with van der Waals surface area (Å²) < 4.78 is 23.9. The fourth-order valence-corrected chi connectivity index (χ4v) is 2.69. The van der Waals surface area contributed by atoms with Gasteiger partial charge in [0.05, 0.1) is 23.4 Å². The van der Waals surface area contributed by atoms with Gasteiger partial charge >= 0.3 is 0 Å². The molecule has 0 spiro atoms. The smallest absolute Gasteiger partial charge is 0.264 e. The zero-order chi connectivity index (χ0) is 17.6. The minimum absolute atomic E-state index is 0.0789. The Labute approximate surface area is 124 Å². The van der Waals surface area contributed by atoms with Crippen molar-refractivity contribution < 1.29 is 13.7 Å². The third-order valence-electron chi connectivity index (χ3n) is 3.71. The first-order chi connectivity index (χ1) is 11.2. The molecule has 1 aliphatic rings. The molecule has 0 aliphatic heterocycles. The quantitative estimate of drug-likeness (QED) is 0.627. The number of aromatic nitrogens is 2. The van der Waals surface area contributed by atoms with Gasteiger partial charge in [0.25, 0.3) is 5.56 Å². The van der Waals surface area contributed by atoms with Gasteiger partial charge in [-0.05, 0) is 25.4 Å². The SMILES string of the molecule is [2H]C([2H])([2H])c1nc2cccc(N)c2c(=O)n1C1CCC(=O)CC1=O. The van der Waals surface area contributed by atoms with Crippen molar-refractivity contribution in [2.75, 3.05) is 5.73 Å². The van der Waals surface area contributed by atoms with Crippen LogP contribution in [0.3, 0.4) is 0 Å². The molecule has 21 heavy (non-hydrogen) atoms. The zero-order valence-corrected chi connectivity index (χ0v) is 11.1. The van der Waals surface area contributed by atoms with Crippen molar-refractivity contribution in [2.45, 2.75) is 32.2 Å². The van der Waals surface area contributed by atoms with E-state index >= 15 is 0 Å². The predicted octanol–water partition coefficient (Wildman–Crippen LogP) is 1.15. The summed E-state index contributed by atoms with van der Waals surface area (Å²) in [5.74, 6) is -1.15. The molecular weight excluding hydrogens is 270 g/mol. The van der Waals surface area contributed by atoms with Crippen LogP contribution in [0.1, 0.15) is 35.2 Å². The number of ketones is 2. The summed E-state index contributed by atoms with van der Waals surface area (Å²) in [6.07, 6.45) is -0.105. The van der Waals surface area contributed by atoms with Crippen molar-refractivity contribution in [3.8, 4) is 0 Å². The highest BCUT2D eigenvalue weighted by Gasteiger charge is 2.30. The lowest BCUT2D eigenvalue weighted by molar-refractivity contribution is -0.132. The summed E-state index contributed by atoms with van der Waals surface area (Å²) in [6, 6.07) is 3.57. The largest absolute Gasteiger partial charge is 0.398 e. The Morgan fingerprint density at radius 3 is 2.90 bits per heavy atom. The van der Waals surface area contributed by atoms with E-state index in [9.17, 15) is 14.4 Å². The summed E-state index contributed by atoms with van der Waals surface area (Å²) in [5.41, 5.74) is 5.50. The lowest BCUT2D eigenvalue weighted by atomic mass is 9.92. The van der Waals surface area contributed by atoms with Gasteiger partial charge in [-0.25, -0.2) is 4.98 Å². The summed E-state index contributed by atoms with van der Waals surface area (Å²) in [4.78, 5) is 40.6. The van der Waals surface area contributed by atoms with Gasteiger partial charge in [0.2, 0.25) is 0 Å². The molecule has 0 bridgehead atoms. The van der Waals surface area contributed by atoms with Crippen LogP contribution in [0.25, 0.3) is 10.9 Å². The number of nitrogen functional groups attached to an aromatic ring is 1. The maximum absolute atomic E-state index is 12.9. The van der Waals surface area contributed by atoms with Crippen LogP contribution in [0.5, 0.6) is 0 Å². The van der Waals surface area contributed by atoms with Crippen LogP contribution in [-0.2, 0) is 9.59 Å². The number of aryl methyl sites for hydroxylation is 1. The van der Waals surface area contributed by atoms with E-state index in [-0.39, 0.29) is 41.6 Å². The van der Waals surface area contributed by atoms with Gasteiger partial charge in [0.15, 0.2) is 5.78 Å².